The molecule has 9 nitrogen and oxygen atoms in total. The molecule has 262 valence electrons. The minimum Gasteiger partial charge on any atom is -0.433 e. The van der Waals surface area contributed by atoms with E-state index in [0.717, 1.165) is 0 Å². The predicted octanol–water partition coefficient (Wildman–Crippen LogP) is 6.05. The van der Waals surface area contributed by atoms with Crippen molar-refractivity contribution in [2.24, 2.45) is 5.92 Å². The molecule has 1 N–H and O–H groups in total. The summed E-state index contributed by atoms with van der Waals surface area (Å²) in [6, 6.07) is 12.9. The summed E-state index contributed by atoms with van der Waals surface area (Å²) in [6.45, 7) is 2.00. The Morgan fingerprint density at radius 2 is 1.45 bits per heavy atom. The highest BCUT2D eigenvalue weighted by Gasteiger charge is 2.33. The van der Waals surface area contributed by atoms with Gasteiger partial charge in [-0.1, -0.05) is 12.1 Å². The number of rotatable bonds is 10. The normalized spacial score (nSPS) is 19.3. The Balaban J connectivity index is 1.06. The number of nitrogens with zero attached hydrogens (tertiary/aromatic N) is 3. The number of piperidine rings is 2. The van der Waals surface area contributed by atoms with Crippen molar-refractivity contribution in [3.05, 3.63) is 89.2 Å². The molecule has 2 aliphatic rings. The third kappa shape index (κ3) is 9.94. The molecule has 2 atom stereocenters. The monoisotopic (exact) mass is 692 g/mol. The van der Waals surface area contributed by atoms with Gasteiger partial charge in [-0.2, -0.15) is 8.78 Å². The zero-order valence-electron chi connectivity index (χ0n) is 26.4. The van der Waals surface area contributed by atoms with Crippen molar-refractivity contribution < 1.29 is 50.2 Å². The van der Waals surface area contributed by atoms with Crippen LogP contribution in [-0.2, 0) is 6.54 Å². The summed E-state index contributed by atoms with van der Waals surface area (Å²) >= 11 is 0. The highest BCUT2D eigenvalue weighted by Crippen LogP contribution is 2.27. The summed E-state index contributed by atoms with van der Waals surface area (Å²) in [5.41, 5.74) is 1.31. The molecule has 0 unspecified atom stereocenters. The van der Waals surface area contributed by atoms with Gasteiger partial charge in [-0.05, 0) is 73.4 Å². The second kappa shape index (κ2) is 14.8. The van der Waals surface area contributed by atoms with Gasteiger partial charge in [-0.25, -0.2) is 4.39 Å². The first-order chi connectivity index (χ1) is 23.1. The molecule has 0 saturated carbocycles. The lowest BCUT2D eigenvalue weighted by molar-refractivity contribution is -0.274. The molecule has 3 heterocycles. The van der Waals surface area contributed by atoms with Crippen LogP contribution in [0, 0.1) is 5.92 Å². The van der Waals surface area contributed by atoms with Crippen LogP contribution in [0.25, 0.3) is 0 Å². The summed E-state index contributed by atoms with van der Waals surface area (Å²) in [5.74, 6) is -1.80. The number of hydrogen-bond acceptors (Lipinski definition) is 7. The SMILES string of the molecule is CC(F)(F)Oc1ccc(C(=O)C2CCN(C(=O)c3ccc(C(=O)N[C@@H]4CCN(Cc5ccc(OC(F)(F)F)cc5)C[C@H]4F)cn3)CC2)cc1. The van der Waals surface area contributed by atoms with Crippen molar-refractivity contribution in [3.63, 3.8) is 0 Å². The van der Waals surface area contributed by atoms with Gasteiger partial charge in [0.15, 0.2) is 5.78 Å². The minimum absolute atomic E-state index is 0.0153. The Morgan fingerprint density at radius 1 is 0.837 bits per heavy atom. The molecule has 0 aliphatic carbocycles. The van der Waals surface area contributed by atoms with Crippen LogP contribution in [0.3, 0.4) is 0 Å². The molecule has 2 aromatic carbocycles. The van der Waals surface area contributed by atoms with Gasteiger partial charge in [0, 0.05) is 57.3 Å². The molecule has 0 bridgehead atoms. The fraction of sp³-hybridized carbons (Fsp3) is 0.412. The van der Waals surface area contributed by atoms with E-state index in [4.69, 9.17) is 0 Å². The zero-order valence-corrected chi connectivity index (χ0v) is 26.4. The Labute approximate surface area is 278 Å². The van der Waals surface area contributed by atoms with Gasteiger partial charge in [0.25, 0.3) is 11.8 Å². The van der Waals surface area contributed by atoms with E-state index in [1.807, 2.05) is 0 Å². The van der Waals surface area contributed by atoms with Crippen LogP contribution in [0.5, 0.6) is 11.5 Å². The van der Waals surface area contributed by atoms with Gasteiger partial charge < -0.3 is 19.7 Å². The molecule has 15 heteroatoms. The van der Waals surface area contributed by atoms with E-state index in [1.54, 1.807) is 9.80 Å². The van der Waals surface area contributed by atoms with Crippen LogP contribution in [-0.4, -0.2) is 83.2 Å². The van der Waals surface area contributed by atoms with Crippen molar-refractivity contribution in [2.75, 3.05) is 26.2 Å². The standard InChI is InChI=1S/C34H34F6N4O5/c1-33(36,37)48-25-9-4-22(5-10-25)30(45)23-12-16-44(17-13-23)32(47)29-11-6-24(18-41-29)31(46)42-28-14-15-43(20-27(28)35)19-21-2-7-26(8-3-21)49-34(38,39)40/h2-11,18,23,27-28H,12-17,19-20H2,1H3,(H,42,46)/t27-,28-/m1/s1. The lowest BCUT2D eigenvalue weighted by atomic mass is 9.88. The first-order valence-electron chi connectivity index (χ1n) is 15.6. The Morgan fingerprint density at radius 3 is 2.02 bits per heavy atom. The first kappa shape index (κ1) is 35.6. The molecule has 3 aromatic rings. The number of ether oxygens (including phenoxy) is 2. The van der Waals surface area contributed by atoms with Crippen molar-refractivity contribution in [2.45, 2.75) is 57.4 Å². The number of likely N-dealkylation sites (tertiary alicyclic amines) is 2. The maximum Gasteiger partial charge on any atom is 0.573 e. The van der Waals surface area contributed by atoms with Crippen LogP contribution in [0.2, 0.25) is 0 Å². The maximum atomic E-state index is 15.0. The van der Waals surface area contributed by atoms with Gasteiger partial charge in [-0.3, -0.25) is 24.3 Å². The predicted molar refractivity (Wildman–Crippen MR) is 164 cm³/mol. The van der Waals surface area contributed by atoms with Crippen LogP contribution in [0.15, 0.2) is 66.9 Å². The van der Waals surface area contributed by atoms with Gasteiger partial charge >= 0.3 is 12.5 Å². The number of nitrogens with one attached hydrogen (secondary N) is 1. The van der Waals surface area contributed by atoms with Crippen LogP contribution >= 0.6 is 0 Å². The van der Waals surface area contributed by atoms with Crippen molar-refractivity contribution in [1.29, 1.82) is 0 Å². The van der Waals surface area contributed by atoms with E-state index >= 15 is 4.39 Å². The molecule has 2 saturated heterocycles. The van der Waals surface area contributed by atoms with Crippen molar-refractivity contribution in [3.8, 4) is 11.5 Å². The van der Waals surface area contributed by atoms with E-state index in [9.17, 15) is 36.3 Å². The van der Waals surface area contributed by atoms with Crippen LogP contribution < -0.4 is 14.8 Å². The Kier molecular flexibility index (Phi) is 10.8. The number of carbonyl (C=O) groups is 3. The van der Waals surface area contributed by atoms with Gasteiger partial charge in [0.05, 0.1) is 11.6 Å². The summed E-state index contributed by atoms with van der Waals surface area (Å²) in [6.07, 6.45) is -7.15. The second-order valence-electron chi connectivity index (χ2n) is 12.1. The lowest BCUT2D eigenvalue weighted by Gasteiger charge is -2.35. The van der Waals surface area contributed by atoms with E-state index in [2.05, 4.69) is 19.8 Å². The third-order valence-electron chi connectivity index (χ3n) is 8.34. The van der Waals surface area contributed by atoms with Crippen LogP contribution in [0.1, 0.15) is 63.0 Å². The molecule has 2 aliphatic heterocycles. The molecule has 1 aromatic heterocycles. The largest absolute Gasteiger partial charge is 0.573 e. The number of Topliss-reactive ketones (excluding diaryl/α,β-unsaturated/α-hetero) is 1. The number of carbonyl (C=O) groups excluding carboxylic acids is 3. The summed E-state index contributed by atoms with van der Waals surface area (Å²) in [7, 11) is 0. The lowest BCUT2D eigenvalue weighted by Crippen LogP contribution is -2.52. The molecular weight excluding hydrogens is 658 g/mol. The second-order valence-corrected chi connectivity index (χ2v) is 12.1. The minimum atomic E-state index is -4.79. The fourth-order valence-electron chi connectivity index (χ4n) is 5.87. The van der Waals surface area contributed by atoms with E-state index < -0.39 is 30.6 Å². The number of aromatic nitrogens is 1. The third-order valence-corrected chi connectivity index (χ3v) is 8.34. The molecule has 2 fully saturated rings. The number of ketones is 1. The molecule has 5 rings (SSSR count). The topological polar surface area (TPSA) is 101 Å². The maximum absolute atomic E-state index is 15.0. The number of hydrogen-bond donors (Lipinski definition) is 1. The summed E-state index contributed by atoms with van der Waals surface area (Å²) in [4.78, 5) is 46.4. The number of pyridine rings is 1. The highest BCUT2D eigenvalue weighted by molar-refractivity contribution is 5.99. The molecular formula is C34H34F6N4O5. The average Bonchev–Trinajstić information content (AvgIpc) is 3.05. The smallest absolute Gasteiger partial charge is 0.433 e. The summed E-state index contributed by atoms with van der Waals surface area (Å²) < 4.78 is 86.6. The number of halogens is 6. The number of benzene rings is 2. The van der Waals surface area contributed by atoms with Gasteiger partial charge in [0.2, 0.25) is 0 Å². The van der Waals surface area contributed by atoms with Gasteiger partial charge in [0.1, 0.15) is 23.4 Å². The van der Waals surface area contributed by atoms with E-state index in [0.29, 0.717) is 63.5 Å². The molecule has 0 radical (unpaired) electrons. The fourth-order valence-corrected chi connectivity index (χ4v) is 5.87. The average molecular weight is 693 g/mol. The molecule has 0 spiro atoms. The number of alkyl halides is 6. The zero-order chi connectivity index (χ0) is 35.3. The highest BCUT2D eigenvalue weighted by atomic mass is 19.4. The van der Waals surface area contributed by atoms with Crippen molar-refractivity contribution >= 4 is 17.6 Å². The van der Waals surface area contributed by atoms with Crippen molar-refractivity contribution in [1.82, 2.24) is 20.1 Å². The quantitative estimate of drug-likeness (QED) is 0.204. The van der Waals surface area contributed by atoms with E-state index in [-0.39, 0.29) is 46.9 Å². The molecule has 49 heavy (non-hydrogen) atoms. The Bertz CT molecular complexity index is 1610. The number of amides is 2. The Hall–Kier alpha value is -4.66. The summed E-state index contributed by atoms with van der Waals surface area (Å²) in [5, 5.41) is 2.68. The van der Waals surface area contributed by atoms with E-state index in [1.165, 1.54) is 66.9 Å². The molecule has 2 amide bonds. The first-order valence-corrected chi connectivity index (χ1v) is 15.6. The van der Waals surface area contributed by atoms with Crippen LogP contribution in [0.4, 0.5) is 26.3 Å². The van der Waals surface area contributed by atoms with Gasteiger partial charge in [-0.15, -0.1) is 13.2 Å².